The Labute approximate surface area is 175 Å². The summed E-state index contributed by atoms with van der Waals surface area (Å²) in [4.78, 5) is 23.7. The maximum atomic E-state index is 12.3. The number of carbonyl (C=O) groups is 1. The highest BCUT2D eigenvalue weighted by molar-refractivity contribution is 7.99. The Hall–Kier alpha value is -2.98. The van der Waals surface area contributed by atoms with Gasteiger partial charge in [-0.2, -0.15) is 0 Å². The first-order chi connectivity index (χ1) is 14.0. The van der Waals surface area contributed by atoms with Gasteiger partial charge in [0.05, 0.1) is 10.7 Å². The molecule has 0 saturated carbocycles. The van der Waals surface area contributed by atoms with E-state index in [4.69, 9.17) is 0 Å². The molecule has 1 N–H and O–H groups in total. The molecule has 0 radical (unpaired) electrons. The number of aromatic nitrogens is 3. The van der Waals surface area contributed by atoms with Gasteiger partial charge in [0.15, 0.2) is 11.0 Å². The van der Waals surface area contributed by atoms with Crippen LogP contribution < -0.4 is 5.32 Å². The summed E-state index contributed by atoms with van der Waals surface area (Å²) in [5.41, 5.74) is 1.48. The zero-order valence-corrected chi connectivity index (χ0v) is 17.3. The number of nitrogens with one attached hydrogen (secondary N) is 1. The highest BCUT2D eigenvalue weighted by atomic mass is 32.2. The molecule has 0 saturated heterocycles. The fraction of sp³-hybridized carbons (Fsp3) is 0.211. The van der Waals surface area contributed by atoms with Crippen LogP contribution >= 0.6 is 23.1 Å². The van der Waals surface area contributed by atoms with Gasteiger partial charge in [0, 0.05) is 40.2 Å². The molecule has 0 atom stereocenters. The van der Waals surface area contributed by atoms with Crippen molar-refractivity contribution in [3.8, 4) is 11.4 Å². The van der Waals surface area contributed by atoms with Gasteiger partial charge in [-0.05, 0) is 24.6 Å². The van der Waals surface area contributed by atoms with Gasteiger partial charge >= 0.3 is 0 Å². The number of hydrogen-bond donors (Lipinski definition) is 1. The number of carbonyl (C=O) groups excluding carboxylic acids is 1. The smallest absolute Gasteiger partial charge is 0.269 e. The molecule has 0 spiro atoms. The Morgan fingerprint density at radius 2 is 2.14 bits per heavy atom. The minimum Gasteiger partial charge on any atom is -0.325 e. The summed E-state index contributed by atoms with van der Waals surface area (Å²) in [6, 6.07) is 7.80. The molecular weight excluding hydrogens is 410 g/mol. The van der Waals surface area contributed by atoms with Gasteiger partial charge in [0.25, 0.3) is 5.69 Å². The molecule has 0 aliphatic heterocycles. The van der Waals surface area contributed by atoms with Crippen molar-refractivity contribution in [1.82, 2.24) is 14.8 Å². The maximum Gasteiger partial charge on any atom is 0.269 e. The summed E-state index contributed by atoms with van der Waals surface area (Å²) < 4.78 is 1.93. The Balaban J connectivity index is 1.67. The van der Waals surface area contributed by atoms with Gasteiger partial charge in [-0.25, -0.2) is 0 Å². The summed E-state index contributed by atoms with van der Waals surface area (Å²) in [5.74, 6) is 0.650. The van der Waals surface area contributed by atoms with Crippen molar-refractivity contribution in [2.75, 3.05) is 11.1 Å². The SMILES string of the molecule is C=CCn1c(SCC(=O)Nc2ccc([N+](=O)[O-])cc2)nnc1-c1csc(CC)c1. The fourth-order valence-electron chi connectivity index (χ4n) is 2.58. The number of allylic oxidation sites excluding steroid dienone is 1. The molecule has 0 unspecified atom stereocenters. The van der Waals surface area contributed by atoms with Gasteiger partial charge < -0.3 is 5.32 Å². The molecule has 29 heavy (non-hydrogen) atoms. The average molecular weight is 430 g/mol. The Kier molecular flexibility index (Phi) is 6.78. The van der Waals surface area contributed by atoms with E-state index < -0.39 is 4.92 Å². The van der Waals surface area contributed by atoms with E-state index in [9.17, 15) is 14.9 Å². The molecule has 3 aromatic rings. The number of aryl methyl sites for hydroxylation is 1. The first-order valence-corrected chi connectivity index (χ1v) is 10.7. The number of thiophene rings is 1. The second kappa shape index (κ2) is 9.48. The number of nitro benzene ring substituents is 1. The van der Waals surface area contributed by atoms with Crippen LogP contribution in [0.15, 0.2) is 53.5 Å². The third-order valence-corrected chi connectivity index (χ3v) is 6.03. The minimum absolute atomic E-state index is 0.0258. The Morgan fingerprint density at radius 3 is 2.76 bits per heavy atom. The molecule has 0 bridgehead atoms. The van der Waals surface area contributed by atoms with E-state index in [0.29, 0.717) is 17.4 Å². The van der Waals surface area contributed by atoms with E-state index in [0.717, 1.165) is 17.8 Å². The fourth-order valence-corrected chi connectivity index (χ4v) is 4.14. The summed E-state index contributed by atoms with van der Waals surface area (Å²) in [6.45, 7) is 6.43. The van der Waals surface area contributed by atoms with Crippen LogP contribution in [0.3, 0.4) is 0 Å². The van der Waals surface area contributed by atoms with Crippen LogP contribution in [-0.2, 0) is 17.8 Å². The molecule has 0 aliphatic carbocycles. The predicted molar refractivity (Wildman–Crippen MR) is 115 cm³/mol. The van der Waals surface area contributed by atoms with E-state index in [-0.39, 0.29) is 17.3 Å². The van der Waals surface area contributed by atoms with Crippen LogP contribution in [0.5, 0.6) is 0 Å². The number of benzene rings is 1. The second-order valence-corrected chi connectivity index (χ2v) is 7.94. The number of hydrogen-bond acceptors (Lipinski definition) is 7. The number of non-ortho nitro benzene ring substituents is 1. The average Bonchev–Trinajstić information content (AvgIpc) is 3.34. The van der Waals surface area contributed by atoms with Crippen LogP contribution in [0.25, 0.3) is 11.4 Å². The summed E-state index contributed by atoms with van der Waals surface area (Å²) in [5, 5.41) is 24.6. The van der Waals surface area contributed by atoms with E-state index in [1.54, 1.807) is 17.4 Å². The van der Waals surface area contributed by atoms with E-state index in [1.807, 2.05) is 4.57 Å². The lowest BCUT2D eigenvalue weighted by Crippen LogP contribution is -2.14. The van der Waals surface area contributed by atoms with Crippen molar-refractivity contribution in [2.45, 2.75) is 25.0 Å². The van der Waals surface area contributed by atoms with Crippen LogP contribution in [0, 0.1) is 10.1 Å². The molecule has 1 aromatic carbocycles. The highest BCUT2D eigenvalue weighted by Crippen LogP contribution is 2.28. The molecule has 10 heteroatoms. The number of rotatable bonds is 9. The van der Waals surface area contributed by atoms with Crippen molar-refractivity contribution in [3.63, 3.8) is 0 Å². The minimum atomic E-state index is -0.484. The summed E-state index contributed by atoms with van der Waals surface area (Å²) in [6.07, 6.45) is 2.73. The van der Waals surface area contributed by atoms with Crippen molar-refractivity contribution < 1.29 is 9.72 Å². The molecule has 2 heterocycles. The first kappa shape index (κ1) is 20.7. The Bertz CT molecular complexity index is 1030. The van der Waals surface area contributed by atoms with Gasteiger partial charge in [0.1, 0.15) is 0 Å². The van der Waals surface area contributed by atoms with Crippen LogP contribution in [0.4, 0.5) is 11.4 Å². The molecule has 0 fully saturated rings. The number of nitrogens with zero attached hydrogens (tertiary/aromatic N) is 4. The lowest BCUT2D eigenvalue weighted by atomic mass is 10.2. The van der Waals surface area contributed by atoms with Crippen molar-refractivity contribution in [3.05, 3.63) is 63.4 Å². The Morgan fingerprint density at radius 1 is 1.38 bits per heavy atom. The zero-order chi connectivity index (χ0) is 20.8. The normalized spacial score (nSPS) is 10.7. The first-order valence-electron chi connectivity index (χ1n) is 8.80. The number of thioether (sulfide) groups is 1. The van der Waals surface area contributed by atoms with Gasteiger partial charge in [-0.3, -0.25) is 19.5 Å². The van der Waals surface area contributed by atoms with Gasteiger partial charge in [-0.1, -0.05) is 24.8 Å². The maximum absolute atomic E-state index is 12.3. The number of anilines is 1. The molecular formula is C19H19N5O3S2. The molecule has 2 aromatic heterocycles. The second-order valence-electron chi connectivity index (χ2n) is 6.00. The lowest BCUT2D eigenvalue weighted by Gasteiger charge is -2.07. The molecule has 3 rings (SSSR count). The highest BCUT2D eigenvalue weighted by Gasteiger charge is 2.16. The van der Waals surface area contributed by atoms with E-state index >= 15 is 0 Å². The van der Waals surface area contributed by atoms with Crippen LogP contribution in [0.2, 0.25) is 0 Å². The van der Waals surface area contributed by atoms with Crippen LogP contribution in [0.1, 0.15) is 11.8 Å². The van der Waals surface area contributed by atoms with Crippen LogP contribution in [-0.4, -0.2) is 31.3 Å². The van der Waals surface area contributed by atoms with Crippen molar-refractivity contribution in [1.29, 1.82) is 0 Å². The third kappa shape index (κ3) is 5.09. The summed E-state index contributed by atoms with van der Waals surface area (Å²) >= 11 is 2.96. The largest absolute Gasteiger partial charge is 0.325 e. The number of nitro groups is 1. The quantitative estimate of drug-likeness (QED) is 0.234. The standard InChI is InChI=1S/C19H19N5O3S2/c1-3-9-23-18(13-10-16(4-2)28-11-13)21-22-19(23)29-12-17(25)20-14-5-7-15(8-6-14)24(26)27/h3,5-8,10-11H,1,4,9,12H2,2H3,(H,20,25). The topological polar surface area (TPSA) is 103 Å². The number of amides is 1. The van der Waals surface area contributed by atoms with Crippen molar-refractivity contribution >= 4 is 40.4 Å². The van der Waals surface area contributed by atoms with Gasteiger partial charge in [0.2, 0.25) is 5.91 Å². The third-order valence-electron chi connectivity index (χ3n) is 3.98. The molecule has 8 nitrogen and oxygen atoms in total. The predicted octanol–water partition coefficient (Wildman–Crippen LogP) is 4.39. The molecule has 1 amide bonds. The molecule has 0 aliphatic rings. The molecule has 150 valence electrons. The van der Waals surface area contributed by atoms with E-state index in [1.165, 1.54) is 40.9 Å². The van der Waals surface area contributed by atoms with Gasteiger partial charge in [-0.15, -0.1) is 28.1 Å². The van der Waals surface area contributed by atoms with E-state index in [2.05, 4.69) is 40.5 Å². The van der Waals surface area contributed by atoms with Crippen molar-refractivity contribution in [2.24, 2.45) is 0 Å². The summed E-state index contributed by atoms with van der Waals surface area (Å²) in [7, 11) is 0. The monoisotopic (exact) mass is 429 g/mol. The zero-order valence-electron chi connectivity index (χ0n) is 15.7. The lowest BCUT2D eigenvalue weighted by molar-refractivity contribution is -0.384.